The van der Waals surface area contributed by atoms with E-state index >= 15 is 0 Å². The first kappa shape index (κ1) is 13.3. The molecule has 98 valence electrons. The molecule has 1 aliphatic rings. The lowest BCUT2D eigenvalue weighted by Gasteiger charge is -2.19. The van der Waals surface area contributed by atoms with Crippen molar-refractivity contribution < 1.29 is 9.59 Å². The van der Waals surface area contributed by atoms with Crippen molar-refractivity contribution in [1.29, 1.82) is 5.26 Å². The van der Waals surface area contributed by atoms with Crippen molar-refractivity contribution in [2.75, 3.05) is 5.32 Å². The van der Waals surface area contributed by atoms with Crippen LogP contribution >= 0.6 is 0 Å². The molecular formula is C15H16N2O2. The first-order chi connectivity index (χ1) is 9.07. The normalized spacial score (nSPS) is 16.6. The third kappa shape index (κ3) is 2.65. The van der Waals surface area contributed by atoms with E-state index in [1.54, 1.807) is 24.3 Å². The smallest absolute Gasteiger partial charge is 0.244 e. The second-order valence-electron chi connectivity index (χ2n) is 4.99. The van der Waals surface area contributed by atoms with E-state index in [4.69, 9.17) is 0 Å². The lowest BCUT2D eigenvalue weighted by atomic mass is 9.87. The number of benzene rings is 1. The average Bonchev–Trinajstić information content (AvgIpc) is 2.89. The quantitative estimate of drug-likeness (QED) is 0.845. The number of hydrogen-bond donors (Lipinski definition) is 1. The van der Waals surface area contributed by atoms with Crippen LogP contribution in [0.5, 0.6) is 0 Å². The summed E-state index contributed by atoms with van der Waals surface area (Å²) in [6, 6.07) is 8.88. The Morgan fingerprint density at radius 3 is 2.26 bits per heavy atom. The van der Waals surface area contributed by atoms with Crippen molar-refractivity contribution in [3.8, 4) is 6.07 Å². The molecule has 19 heavy (non-hydrogen) atoms. The van der Waals surface area contributed by atoms with Crippen LogP contribution in [0, 0.1) is 16.7 Å². The molecule has 0 aromatic heterocycles. The number of carbonyl (C=O) groups is 2. The number of hydrogen-bond acceptors (Lipinski definition) is 3. The Kier molecular flexibility index (Phi) is 3.66. The molecule has 0 bridgehead atoms. The van der Waals surface area contributed by atoms with Crippen LogP contribution in [-0.4, -0.2) is 11.7 Å². The zero-order valence-corrected chi connectivity index (χ0v) is 10.9. The van der Waals surface area contributed by atoms with Crippen LogP contribution in [0.1, 0.15) is 43.0 Å². The molecule has 1 aromatic carbocycles. The molecule has 0 unspecified atom stereocenters. The molecule has 0 atom stereocenters. The molecule has 1 aromatic rings. The Labute approximate surface area is 112 Å². The minimum atomic E-state index is -0.876. The Balaban J connectivity index is 2.11. The first-order valence-corrected chi connectivity index (χ1v) is 6.41. The maximum Gasteiger partial charge on any atom is 0.244 e. The number of nitrogens with zero attached hydrogens (tertiary/aromatic N) is 1. The molecule has 1 aliphatic carbocycles. The third-order valence-electron chi connectivity index (χ3n) is 3.66. The van der Waals surface area contributed by atoms with Crippen molar-refractivity contribution in [3.63, 3.8) is 0 Å². The monoisotopic (exact) mass is 256 g/mol. The molecule has 1 N–H and O–H groups in total. The van der Waals surface area contributed by atoms with E-state index in [2.05, 4.69) is 11.4 Å². The van der Waals surface area contributed by atoms with Gasteiger partial charge in [-0.15, -0.1) is 0 Å². The number of nitrogens with one attached hydrogen (secondary N) is 1. The van der Waals surface area contributed by atoms with Gasteiger partial charge in [0.25, 0.3) is 0 Å². The number of ketones is 1. The van der Waals surface area contributed by atoms with E-state index in [0.717, 1.165) is 12.8 Å². The maximum absolute atomic E-state index is 12.2. The van der Waals surface area contributed by atoms with E-state index in [-0.39, 0.29) is 11.7 Å². The predicted octanol–water partition coefficient (Wildman–Crippen LogP) is 2.91. The average molecular weight is 256 g/mol. The summed E-state index contributed by atoms with van der Waals surface area (Å²) in [5.74, 6) is -0.245. The summed E-state index contributed by atoms with van der Waals surface area (Å²) >= 11 is 0. The number of nitriles is 1. The molecule has 4 nitrogen and oxygen atoms in total. The van der Waals surface area contributed by atoms with E-state index in [1.807, 2.05) is 0 Å². The fraction of sp³-hybridized carbons (Fsp3) is 0.400. The molecule has 1 saturated carbocycles. The van der Waals surface area contributed by atoms with Crippen LogP contribution in [0.3, 0.4) is 0 Å². The lowest BCUT2D eigenvalue weighted by molar-refractivity contribution is -0.122. The number of Topliss-reactive ketones (excluding diaryl/α,β-unsaturated/α-hetero) is 1. The van der Waals surface area contributed by atoms with E-state index in [9.17, 15) is 14.9 Å². The molecule has 1 amide bonds. The maximum atomic E-state index is 12.2. The Bertz CT molecular complexity index is 534. The van der Waals surface area contributed by atoms with Crippen molar-refractivity contribution >= 4 is 17.4 Å². The summed E-state index contributed by atoms with van der Waals surface area (Å²) in [6.45, 7) is 1.50. The molecule has 2 rings (SSSR count). The Morgan fingerprint density at radius 1 is 1.21 bits per heavy atom. The van der Waals surface area contributed by atoms with Gasteiger partial charge in [-0.2, -0.15) is 5.26 Å². The van der Waals surface area contributed by atoms with E-state index in [1.165, 1.54) is 6.92 Å². The standard InChI is InChI=1S/C15H16N2O2/c1-11(18)12-4-6-13(7-5-12)17-14(19)15(10-16)8-2-3-9-15/h4-7H,2-3,8-9H2,1H3,(H,17,19). The van der Waals surface area contributed by atoms with Gasteiger partial charge in [0, 0.05) is 11.3 Å². The second-order valence-corrected chi connectivity index (χ2v) is 4.99. The van der Waals surface area contributed by atoms with Crippen molar-refractivity contribution in [2.24, 2.45) is 5.41 Å². The van der Waals surface area contributed by atoms with Crippen molar-refractivity contribution in [1.82, 2.24) is 0 Å². The molecule has 0 saturated heterocycles. The van der Waals surface area contributed by atoms with Gasteiger partial charge in [0.2, 0.25) is 5.91 Å². The summed E-state index contributed by atoms with van der Waals surface area (Å²) in [6.07, 6.45) is 3.09. The largest absolute Gasteiger partial charge is 0.325 e. The highest BCUT2D eigenvalue weighted by molar-refractivity contribution is 5.98. The summed E-state index contributed by atoms with van der Waals surface area (Å²) < 4.78 is 0. The van der Waals surface area contributed by atoms with E-state index < -0.39 is 5.41 Å². The van der Waals surface area contributed by atoms with Gasteiger partial charge in [-0.3, -0.25) is 9.59 Å². The lowest BCUT2D eigenvalue weighted by Crippen LogP contribution is -2.32. The summed E-state index contributed by atoms with van der Waals surface area (Å²) in [7, 11) is 0. The fourth-order valence-corrected chi connectivity index (χ4v) is 2.41. The van der Waals surface area contributed by atoms with Gasteiger partial charge in [0.05, 0.1) is 6.07 Å². The van der Waals surface area contributed by atoms with Gasteiger partial charge in [-0.05, 0) is 44.0 Å². The fourth-order valence-electron chi connectivity index (χ4n) is 2.41. The molecule has 1 fully saturated rings. The molecule has 0 radical (unpaired) electrons. The van der Waals surface area contributed by atoms with Gasteiger partial charge >= 0.3 is 0 Å². The third-order valence-corrected chi connectivity index (χ3v) is 3.66. The predicted molar refractivity (Wildman–Crippen MR) is 71.6 cm³/mol. The van der Waals surface area contributed by atoms with Crippen molar-refractivity contribution in [3.05, 3.63) is 29.8 Å². The summed E-state index contributed by atoms with van der Waals surface area (Å²) in [5.41, 5.74) is 0.351. The van der Waals surface area contributed by atoms with Gasteiger partial charge in [0.1, 0.15) is 5.41 Å². The Hall–Kier alpha value is -2.15. The number of carbonyl (C=O) groups excluding carboxylic acids is 2. The number of amides is 1. The second kappa shape index (κ2) is 5.23. The Morgan fingerprint density at radius 2 is 1.79 bits per heavy atom. The van der Waals surface area contributed by atoms with E-state index in [0.29, 0.717) is 24.1 Å². The van der Waals surface area contributed by atoms with Gasteiger partial charge in [-0.1, -0.05) is 12.8 Å². The van der Waals surface area contributed by atoms with Crippen LogP contribution in [0.15, 0.2) is 24.3 Å². The zero-order valence-electron chi connectivity index (χ0n) is 10.9. The van der Waals surface area contributed by atoms with Gasteiger partial charge in [0.15, 0.2) is 5.78 Å². The van der Waals surface area contributed by atoms with Crippen LogP contribution in [0.2, 0.25) is 0 Å². The molecule has 0 heterocycles. The minimum absolute atomic E-state index is 0.0119. The van der Waals surface area contributed by atoms with Crippen LogP contribution in [-0.2, 0) is 4.79 Å². The molecular weight excluding hydrogens is 240 g/mol. The van der Waals surface area contributed by atoms with Crippen LogP contribution in [0.25, 0.3) is 0 Å². The van der Waals surface area contributed by atoms with Gasteiger partial charge < -0.3 is 5.32 Å². The molecule has 4 heteroatoms. The topological polar surface area (TPSA) is 70.0 Å². The molecule has 0 aliphatic heterocycles. The highest BCUT2D eigenvalue weighted by atomic mass is 16.2. The number of anilines is 1. The highest BCUT2D eigenvalue weighted by Crippen LogP contribution is 2.38. The van der Waals surface area contributed by atoms with Crippen LogP contribution < -0.4 is 5.32 Å². The molecule has 0 spiro atoms. The van der Waals surface area contributed by atoms with Gasteiger partial charge in [-0.25, -0.2) is 0 Å². The first-order valence-electron chi connectivity index (χ1n) is 6.41. The summed E-state index contributed by atoms with van der Waals surface area (Å²) in [4.78, 5) is 23.3. The SMILES string of the molecule is CC(=O)c1ccc(NC(=O)C2(C#N)CCCC2)cc1. The minimum Gasteiger partial charge on any atom is -0.325 e. The van der Waals surface area contributed by atoms with Crippen LogP contribution in [0.4, 0.5) is 5.69 Å². The summed E-state index contributed by atoms with van der Waals surface area (Å²) in [5, 5.41) is 12.0. The zero-order chi connectivity index (χ0) is 13.9. The number of rotatable bonds is 3. The highest BCUT2D eigenvalue weighted by Gasteiger charge is 2.41. The van der Waals surface area contributed by atoms with Crippen molar-refractivity contribution in [2.45, 2.75) is 32.6 Å².